The Balaban J connectivity index is 1.73. The number of esters is 1. The molecule has 6 heteroatoms. The van der Waals surface area contributed by atoms with E-state index in [4.69, 9.17) is 14.5 Å². The lowest BCUT2D eigenvalue weighted by atomic mass is 9.69. The minimum absolute atomic E-state index is 0.00739. The van der Waals surface area contributed by atoms with Crippen LogP contribution in [0.25, 0.3) is 0 Å². The largest absolute Gasteiger partial charge is 0.497 e. The SMILES string of the molecule is COc1ccc(C2CC(=O)C3=C(C2)N=C(C)C(C(=O)OCC(C)C)C3c2ccc(F)cc2)cc1. The zero-order chi connectivity index (χ0) is 24.4. The van der Waals surface area contributed by atoms with Crippen LogP contribution in [0.1, 0.15) is 56.6 Å². The average Bonchev–Trinajstić information content (AvgIpc) is 2.82. The van der Waals surface area contributed by atoms with Gasteiger partial charge in [0.2, 0.25) is 0 Å². The first kappa shape index (κ1) is 23.9. The van der Waals surface area contributed by atoms with Crippen molar-refractivity contribution < 1.29 is 23.5 Å². The molecule has 0 bridgehead atoms. The van der Waals surface area contributed by atoms with Crippen molar-refractivity contribution in [3.63, 3.8) is 0 Å². The van der Waals surface area contributed by atoms with Crippen molar-refractivity contribution in [1.29, 1.82) is 0 Å². The molecule has 2 aliphatic rings. The van der Waals surface area contributed by atoms with Crippen molar-refractivity contribution in [2.75, 3.05) is 13.7 Å². The molecule has 0 aromatic heterocycles. The van der Waals surface area contributed by atoms with Crippen LogP contribution >= 0.6 is 0 Å². The molecule has 0 fully saturated rings. The maximum absolute atomic E-state index is 13.7. The van der Waals surface area contributed by atoms with Crippen LogP contribution in [0.4, 0.5) is 4.39 Å². The predicted octanol–water partition coefficient (Wildman–Crippen LogP) is 5.61. The fourth-order valence-electron chi connectivity index (χ4n) is 4.85. The number of hydrogen-bond donors (Lipinski definition) is 0. The topological polar surface area (TPSA) is 65.0 Å². The van der Waals surface area contributed by atoms with E-state index in [1.54, 1.807) is 19.2 Å². The minimum Gasteiger partial charge on any atom is -0.497 e. The van der Waals surface area contributed by atoms with E-state index in [2.05, 4.69) is 0 Å². The van der Waals surface area contributed by atoms with Crippen molar-refractivity contribution in [1.82, 2.24) is 0 Å². The molecule has 1 aliphatic heterocycles. The molecule has 0 N–H and O–H groups in total. The molecule has 3 unspecified atom stereocenters. The Bertz CT molecular complexity index is 1130. The number of ether oxygens (including phenoxy) is 2. The van der Waals surface area contributed by atoms with Crippen molar-refractivity contribution in [2.24, 2.45) is 16.8 Å². The zero-order valence-corrected chi connectivity index (χ0v) is 20.0. The summed E-state index contributed by atoms with van der Waals surface area (Å²) in [5.41, 5.74) is 3.63. The number of ketones is 1. The first-order valence-corrected chi connectivity index (χ1v) is 11.7. The first-order valence-electron chi connectivity index (χ1n) is 11.7. The van der Waals surface area contributed by atoms with E-state index in [1.165, 1.54) is 12.1 Å². The van der Waals surface area contributed by atoms with E-state index in [0.717, 1.165) is 11.3 Å². The normalized spacial score (nSPS) is 22.4. The Morgan fingerprint density at radius 3 is 2.32 bits per heavy atom. The maximum atomic E-state index is 13.7. The highest BCUT2D eigenvalue weighted by atomic mass is 19.1. The van der Waals surface area contributed by atoms with E-state index in [1.807, 2.05) is 45.0 Å². The van der Waals surface area contributed by atoms with Crippen molar-refractivity contribution in [2.45, 2.75) is 45.4 Å². The predicted molar refractivity (Wildman–Crippen MR) is 129 cm³/mol. The van der Waals surface area contributed by atoms with Gasteiger partial charge in [-0.05, 0) is 60.6 Å². The summed E-state index contributed by atoms with van der Waals surface area (Å²) in [6, 6.07) is 13.8. The summed E-state index contributed by atoms with van der Waals surface area (Å²) in [6.07, 6.45) is 0.918. The van der Waals surface area contributed by atoms with Crippen molar-refractivity contribution in [3.05, 3.63) is 76.7 Å². The van der Waals surface area contributed by atoms with Gasteiger partial charge in [0.1, 0.15) is 17.5 Å². The number of methoxy groups -OCH3 is 1. The second-order valence-electron chi connectivity index (χ2n) is 9.45. The Morgan fingerprint density at radius 1 is 1.06 bits per heavy atom. The molecule has 5 nitrogen and oxygen atoms in total. The van der Waals surface area contributed by atoms with Gasteiger partial charge in [-0.2, -0.15) is 0 Å². The second kappa shape index (κ2) is 9.92. The summed E-state index contributed by atoms with van der Waals surface area (Å²) >= 11 is 0. The molecular formula is C28H30FNO4. The van der Waals surface area contributed by atoms with Crippen LogP contribution in [0, 0.1) is 17.7 Å². The summed E-state index contributed by atoms with van der Waals surface area (Å²) in [5, 5.41) is 0. The molecule has 0 amide bonds. The summed E-state index contributed by atoms with van der Waals surface area (Å²) < 4.78 is 24.5. The number of halogens is 1. The van der Waals surface area contributed by atoms with Crippen molar-refractivity contribution in [3.8, 4) is 5.75 Å². The third-order valence-electron chi connectivity index (χ3n) is 6.52. The number of aliphatic imine (C=N–C) groups is 1. The van der Waals surface area contributed by atoms with Gasteiger partial charge in [0.05, 0.1) is 13.7 Å². The maximum Gasteiger partial charge on any atom is 0.315 e. The summed E-state index contributed by atoms with van der Waals surface area (Å²) in [6.45, 7) is 6.04. The lowest BCUT2D eigenvalue weighted by Crippen LogP contribution is -2.38. The van der Waals surface area contributed by atoms with E-state index < -0.39 is 17.8 Å². The molecule has 1 heterocycles. The number of rotatable bonds is 6. The van der Waals surface area contributed by atoms with Gasteiger partial charge in [-0.1, -0.05) is 38.1 Å². The van der Waals surface area contributed by atoms with Crippen LogP contribution in [-0.2, 0) is 14.3 Å². The number of benzene rings is 2. The molecule has 2 aromatic carbocycles. The molecule has 2 aromatic rings. The van der Waals surface area contributed by atoms with Gasteiger partial charge < -0.3 is 9.47 Å². The van der Waals surface area contributed by atoms with Gasteiger partial charge in [-0.3, -0.25) is 14.6 Å². The molecular weight excluding hydrogens is 433 g/mol. The molecule has 34 heavy (non-hydrogen) atoms. The molecule has 4 rings (SSSR count). The third-order valence-corrected chi connectivity index (χ3v) is 6.52. The van der Waals surface area contributed by atoms with Gasteiger partial charge >= 0.3 is 5.97 Å². The summed E-state index contributed by atoms with van der Waals surface area (Å²) in [4.78, 5) is 31.5. The van der Waals surface area contributed by atoms with Crippen LogP contribution in [0.3, 0.4) is 0 Å². The minimum atomic E-state index is -0.718. The quantitative estimate of drug-likeness (QED) is 0.523. The van der Waals surface area contributed by atoms with Crippen LogP contribution in [0.15, 0.2) is 64.8 Å². The second-order valence-corrected chi connectivity index (χ2v) is 9.45. The van der Waals surface area contributed by atoms with Gasteiger partial charge in [-0.25, -0.2) is 4.39 Å². The smallest absolute Gasteiger partial charge is 0.315 e. The third kappa shape index (κ3) is 4.81. The summed E-state index contributed by atoms with van der Waals surface area (Å²) in [7, 11) is 1.62. The van der Waals surface area contributed by atoms with E-state index >= 15 is 0 Å². The Hall–Kier alpha value is -3.28. The Labute approximate surface area is 199 Å². The molecule has 0 saturated heterocycles. The van der Waals surface area contributed by atoms with E-state index in [9.17, 15) is 14.0 Å². The lowest BCUT2D eigenvalue weighted by Gasteiger charge is -2.36. The van der Waals surface area contributed by atoms with E-state index in [-0.39, 0.29) is 30.0 Å². The molecule has 3 atom stereocenters. The molecule has 0 saturated carbocycles. The van der Waals surface area contributed by atoms with Crippen LogP contribution < -0.4 is 4.74 Å². The fraction of sp³-hybridized carbons (Fsp3) is 0.393. The zero-order valence-electron chi connectivity index (χ0n) is 20.0. The molecule has 0 radical (unpaired) electrons. The Kier molecular flexibility index (Phi) is 6.96. The number of carbonyl (C=O) groups excluding carboxylic acids is 2. The van der Waals surface area contributed by atoms with Crippen LogP contribution in [-0.4, -0.2) is 31.2 Å². The number of carbonyl (C=O) groups is 2. The highest BCUT2D eigenvalue weighted by Gasteiger charge is 2.44. The van der Waals surface area contributed by atoms with Crippen molar-refractivity contribution >= 4 is 17.5 Å². The van der Waals surface area contributed by atoms with E-state index in [0.29, 0.717) is 35.4 Å². The number of Topliss-reactive ketones (excluding diaryl/α,β-unsaturated/α-hetero) is 1. The fourth-order valence-corrected chi connectivity index (χ4v) is 4.85. The van der Waals surface area contributed by atoms with Crippen LogP contribution in [0.2, 0.25) is 0 Å². The van der Waals surface area contributed by atoms with Gasteiger partial charge in [-0.15, -0.1) is 0 Å². The standard InChI is InChI=1S/C28H30FNO4/c1-16(2)15-34-28(32)25-17(3)30-23-13-20(18-7-11-22(33-4)12-8-18)14-24(31)27(23)26(25)19-5-9-21(29)10-6-19/h5-12,16,20,25-26H,13-15H2,1-4H3. The highest BCUT2D eigenvalue weighted by molar-refractivity contribution is 6.09. The average molecular weight is 464 g/mol. The molecule has 0 spiro atoms. The Morgan fingerprint density at radius 2 is 1.71 bits per heavy atom. The first-order chi connectivity index (χ1) is 16.3. The number of allylic oxidation sites excluding steroid dienone is 2. The highest BCUT2D eigenvalue weighted by Crippen LogP contribution is 2.47. The lowest BCUT2D eigenvalue weighted by molar-refractivity contribution is -0.147. The molecule has 178 valence electrons. The van der Waals surface area contributed by atoms with Crippen LogP contribution in [0.5, 0.6) is 5.75 Å². The molecule has 1 aliphatic carbocycles. The number of hydrogen-bond acceptors (Lipinski definition) is 5. The van der Waals surface area contributed by atoms with Gasteiger partial charge in [0.25, 0.3) is 0 Å². The number of nitrogens with zero attached hydrogens (tertiary/aromatic N) is 1. The monoisotopic (exact) mass is 463 g/mol. The summed E-state index contributed by atoms with van der Waals surface area (Å²) in [5.74, 6) is -1.13. The van der Waals surface area contributed by atoms with Gasteiger partial charge in [0, 0.05) is 29.3 Å². The van der Waals surface area contributed by atoms with Gasteiger partial charge in [0.15, 0.2) is 5.78 Å².